The molecule has 1 heterocycles. The van der Waals surface area contributed by atoms with Gasteiger partial charge in [-0.25, -0.2) is 0 Å². The van der Waals surface area contributed by atoms with Crippen molar-refractivity contribution in [3.05, 3.63) is 12.7 Å². The van der Waals surface area contributed by atoms with Crippen molar-refractivity contribution in [2.24, 2.45) is 0 Å². The number of nitrogens with zero attached hydrogens (tertiary/aromatic N) is 1. The summed E-state index contributed by atoms with van der Waals surface area (Å²) in [5.41, 5.74) is 0. The molecule has 1 aliphatic rings. The van der Waals surface area contributed by atoms with Crippen LogP contribution < -0.4 is 0 Å². The van der Waals surface area contributed by atoms with Gasteiger partial charge in [0, 0.05) is 16.5 Å². The van der Waals surface area contributed by atoms with Gasteiger partial charge in [-0.15, -0.1) is 0 Å². The van der Waals surface area contributed by atoms with Crippen LogP contribution in [0, 0.1) is 0 Å². The Morgan fingerprint density at radius 2 is 1.88 bits per heavy atom. The van der Waals surface area contributed by atoms with Gasteiger partial charge < -0.3 is 4.90 Å². The highest BCUT2D eigenvalue weighted by Crippen LogP contribution is 2.31. The molecule has 3 heteroatoms. The molecule has 0 aliphatic carbocycles. The summed E-state index contributed by atoms with van der Waals surface area (Å²) in [4.78, 5) is 13.5. The van der Waals surface area contributed by atoms with Crippen molar-refractivity contribution in [1.82, 2.24) is 4.90 Å². The maximum atomic E-state index is 11.6. The van der Waals surface area contributed by atoms with Gasteiger partial charge in [0.2, 0.25) is 5.91 Å². The monoisotopic (exact) mass is 335 g/mol. The zero-order valence-corrected chi connectivity index (χ0v) is 12.3. The number of amides is 1. The van der Waals surface area contributed by atoms with Crippen LogP contribution in [-0.2, 0) is 4.79 Å². The molecule has 0 aromatic carbocycles. The smallest absolute Gasteiger partial charge is 0.245 e. The molecule has 1 saturated heterocycles. The quantitative estimate of drug-likeness (QED) is 0.408. The predicted octanol–water partition coefficient (Wildman–Crippen LogP) is 3.55. The molecule has 92 valence electrons. The molecule has 1 rings (SSSR count). The first kappa shape index (κ1) is 14.0. The highest BCUT2D eigenvalue weighted by molar-refractivity contribution is 14.1. The summed E-state index contributed by atoms with van der Waals surface area (Å²) in [6.07, 6.45) is 8.72. The minimum Gasteiger partial charge on any atom is -0.339 e. The Morgan fingerprint density at radius 1 is 1.25 bits per heavy atom. The first-order valence-corrected chi connectivity index (χ1v) is 7.23. The topological polar surface area (TPSA) is 20.3 Å². The first-order chi connectivity index (χ1) is 7.55. The summed E-state index contributed by atoms with van der Waals surface area (Å²) in [6, 6.07) is 0. The van der Waals surface area contributed by atoms with E-state index < -0.39 is 0 Å². The van der Waals surface area contributed by atoms with Crippen LogP contribution in [0.2, 0.25) is 0 Å². The zero-order chi connectivity index (χ0) is 12.0. The third kappa shape index (κ3) is 4.85. The highest BCUT2D eigenvalue weighted by Gasteiger charge is 2.21. The van der Waals surface area contributed by atoms with E-state index in [1.807, 2.05) is 4.90 Å². The van der Waals surface area contributed by atoms with Crippen LogP contribution in [0.3, 0.4) is 0 Å². The molecule has 1 atom stereocenters. The van der Waals surface area contributed by atoms with E-state index in [0.29, 0.717) is 3.42 Å². The van der Waals surface area contributed by atoms with E-state index in [0.717, 1.165) is 25.9 Å². The molecule has 16 heavy (non-hydrogen) atoms. The van der Waals surface area contributed by atoms with Gasteiger partial charge in [0.25, 0.3) is 0 Å². The fraction of sp³-hybridized carbons (Fsp3) is 0.769. The summed E-state index contributed by atoms with van der Waals surface area (Å²) >= 11 is 2.57. The average molecular weight is 335 g/mol. The van der Waals surface area contributed by atoms with Crippen LogP contribution >= 0.6 is 22.6 Å². The maximum Gasteiger partial charge on any atom is 0.245 e. The van der Waals surface area contributed by atoms with Crippen molar-refractivity contribution < 1.29 is 4.79 Å². The van der Waals surface area contributed by atoms with E-state index in [9.17, 15) is 4.79 Å². The summed E-state index contributed by atoms with van der Waals surface area (Å²) < 4.78 is 0.415. The number of hydrogen-bond acceptors (Lipinski definition) is 1. The Balaban J connectivity index is 2.52. The lowest BCUT2D eigenvalue weighted by atomic mass is 9.97. The fourth-order valence-corrected chi connectivity index (χ4v) is 2.96. The Bertz CT molecular complexity index is 250. The lowest BCUT2D eigenvalue weighted by Crippen LogP contribution is -2.33. The van der Waals surface area contributed by atoms with Crippen molar-refractivity contribution in [3.63, 3.8) is 0 Å². The highest BCUT2D eigenvalue weighted by atomic mass is 127. The molecule has 0 aromatic heterocycles. The van der Waals surface area contributed by atoms with Gasteiger partial charge in [-0.3, -0.25) is 4.79 Å². The first-order valence-electron chi connectivity index (χ1n) is 6.15. The summed E-state index contributed by atoms with van der Waals surface area (Å²) in [7, 11) is 0. The molecular formula is C13H22INO. The minimum atomic E-state index is 0.0933. The van der Waals surface area contributed by atoms with E-state index in [1.165, 1.54) is 31.8 Å². The molecule has 0 saturated carbocycles. The lowest BCUT2D eigenvalue weighted by molar-refractivity contribution is -0.126. The molecule has 0 radical (unpaired) electrons. The average Bonchev–Trinajstić information content (AvgIpc) is 2.25. The van der Waals surface area contributed by atoms with Crippen molar-refractivity contribution in [2.45, 2.75) is 48.9 Å². The third-order valence-electron chi connectivity index (χ3n) is 3.24. The molecule has 0 spiro atoms. The van der Waals surface area contributed by atoms with Gasteiger partial charge >= 0.3 is 0 Å². The van der Waals surface area contributed by atoms with Crippen LogP contribution in [-0.4, -0.2) is 27.3 Å². The van der Waals surface area contributed by atoms with E-state index in [1.54, 1.807) is 0 Å². The van der Waals surface area contributed by atoms with Gasteiger partial charge in [-0.05, 0) is 31.8 Å². The molecule has 1 aliphatic heterocycles. The zero-order valence-electron chi connectivity index (χ0n) is 10.2. The molecule has 1 amide bonds. The van der Waals surface area contributed by atoms with E-state index >= 15 is 0 Å². The van der Waals surface area contributed by atoms with Crippen LogP contribution in [0.15, 0.2) is 12.7 Å². The van der Waals surface area contributed by atoms with Crippen molar-refractivity contribution in [1.29, 1.82) is 0 Å². The standard InChI is InChI=1S/C13H22INO/c1-3-12(16)15-10-6-4-5-8-13(2,14)9-7-11-15/h3H,1,4-11H2,2H3. The fourth-order valence-electron chi connectivity index (χ4n) is 2.20. The second-order valence-electron chi connectivity index (χ2n) is 4.86. The number of alkyl halides is 1. The van der Waals surface area contributed by atoms with Crippen LogP contribution in [0.1, 0.15) is 45.4 Å². The minimum absolute atomic E-state index is 0.0933. The summed E-state index contributed by atoms with van der Waals surface area (Å²) in [5, 5.41) is 0. The van der Waals surface area contributed by atoms with Crippen molar-refractivity contribution >= 4 is 28.5 Å². The van der Waals surface area contributed by atoms with E-state index in [-0.39, 0.29) is 5.91 Å². The van der Waals surface area contributed by atoms with E-state index in [2.05, 4.69) is 36.1 Å². The number of hydrogen-bond donors (Lipinski definition) is 0. The largest absolute Gasteiger partial charge is 0.339 e. The third-order valence-corrected chi connectivity index (χ3v) is 4.32. The van der Waals surface area contributed by atoms with Gasteiger partial charge in [0.05, 0.1) is 0 Å². The number of carbonyl (C=O) groups excluding carboxylic acids is 1. The molecular weight excluding hydrogens is 313 g/mol. The number of carbonyl (C=O) groups is 1. The summed E-state index contributed by atoms with van der Waals surface area (Å²) in [6.45, 7) is 7.69. The second kappa shape index (κ2) is 6.62. The van der Waals surface area contributed by atoms with Gasteiger partial charge in [0.1, 0.15) is 0 Å². The van der Waals surface area contributed by atoms with Crippen LogP contribution in [0.5, 0.6) is 0 Å². The summed E-state index contributed by atoms with van der Waals surface area (Å²) in [5.74, 6) is 0.0933. The molecule has 0 aromatic rings. The SMILES string of the molecule is C=CC(=O)N1CCCCCC(C)(I)CCC1. The Morgan fingerprint density at radius 3 is 2.56 bits per heavy atom. The van der Waals surface area contributed by atoms with Gasteiger partial charge in [-0.2, -0.15) is 0 Å². The van der Waals surface area contributed by atoms with Gasteiger partial charge in [-0.1, -0.05) is 48.9 Å². The molecule has 2 nitrogen and oxygen atoms in total. The Hall–Kier alpha value is -0.0600. The lowest BCUT2D eigenvalue weighted by Gasteiger charge is -2.28. The Kier molecular flexibility index (Phi) is 5.79. The van der Waals surface area contributed by atoms with Crippen LogP contribution in [0.4, 0.5) is 0 Å². The number of rotatable bonds is 1. The van der Waals surface area contributed by atoms with Crippen molar-refractivity contribution in [2.75, 3.05) is 13.1 Å². The van der Waals surface area contributed by atoms with E-state index in [4.69, 9.17) is 0 Å². The molecule has 1 fully saturated rings. The number of halogens is 1. The van der Waals surface area contributed by atoms with Gasteiger partial charge in [0.15, 0.2) is 0 Å². The van der Waals surface area contributed by atoms with Crippen molar-refractivity contribution in [3.8, 4) is 0 Å². The second-order valence-corrected chi connectivity index (χ2v) is 7.46. The Labute approximate surface area is 113 Å². The normalized spacial score (nSPS) is 28.5. The molecule has 0 bridgehead atoms. The molecule has 0 N–H and O–H groups in total. The predicted molar refractivity (Wildman–Crippen MR) is 76.9 cm³/mol. The molecule has 1 unspecified atom stereocenters. The van der Waals surface area contributed by atoms with Crippen LogP contribution in [0.25, 0.3) is 0 Å². The maximum absolute atomic E-state index is 11.6.